The number of nitrogens with zero attached hydrogens (tertiary/aromatic N) is 4. The summed E-state index contributed by atoms with van der Waals surface area (Å²) in [6.07, 6.45) is 4.43. The number of unbranched alkanes of at least 4 members (excludes halogenated alkanes) is 1. The molecule has 6 heteroatoms. The van der Waals surface area contributed by atoms with Crippen molar-refractivity contribution in [3.8, 4) is 6.07 Å². The SMILES string of the molecule is Cn1cnnc1SCCCCC(C)(N)C#N. The van der Waals surface area contributed by atoms with Crippen LogP contribution in [-0.4, -0.2) is 26.1 Å². The molecule has 0 aliphatic rings. The quantitative estimate of drug-likeness (QED) is 0.598. The molecule has 1 unspecified atom stereocenters. The molecule has 0 radical (unpaired) electrons. The lowest BCUT2D eigenvalue weighted by molar-refractivity contribution is 0.518. The monoisotopic (exact) mass is 239 g/mol. The van der Waals surface area contributed by atoms with E-state index in [2.05, 4.69) is 16.3 Å². The molecule has 0 amide bonds. The Hall–Kier alpha value is -1.06. The van der Waals surface area contributed by atoms with Crippen LogP contribution in [0.2, 0.25) is 0 Å². The highest BCUT2D eigenvalue weighted by Crippen LogP contribution is 2.17. The summed E-state index contributed by atoms with van der Waals surface area (Å²) in [5.41, 5.74) is 5.04. The third kappa shape index (κ3) is 4.21. The molecule has 0 aliphatic heterocycles. The van der Waals surface area contributed by atoms with E-state index in [-0.39, 0.29) is 0 Å². The largest absolute Gasteiger partial charge is 0.314 e. The fourth-order valence-corrected chi connectivity index (χ4v) is 2.10. The standard InChI is InChI=1S/C10H17N5S/c1-10(12,7-11)5-3-4-6-16-9-14-13-8-15(9)2/h8H,3-6,12H2,1-2H3. The van der Waals surface area contributed by atoms with Crippen molar-refractivity contribution in [1.29, 1.82) is 5.26 Å². The summed E-state index contributed by atoms with van der Waals surface area (Å²) in [7, 11) is 1.93. The fourth-order valence-electron chi connectivity index (χ4n) is 1.22. The molecule has 0 saturated carbocycles. The van der Waals surface area contributed by atoms with Crippen molar-refractivity contribution in [3.63, 3.8) is 0 Å². The number of nitriles is 1. The molecule has 1 heterocycles. The van der Waals surface area contributed by atoms with Gasteiger partial charge in [0.1, 0.15) is 11.9 Å². The minimum atomic E-state index is -0.685. The van der Waals surface area contributed by atoms with Gasteiger partial charge in [0.25, 0.3) is 0 Å². The van der Waals surface area contributed by atoms with Gasteiger partial charge in [-0.1, -0.05) is 11.8 Å². The Morgan fingerprint density at radius 3 is 2.94 bits per heavy atom. The van der Waals surface area contributed by atoms with Crippen molar-refractivity contribution in [2.24, 2.45) is 12.8 Å². The van der Waals surface area contributed by atoms with Gasteiger partial charge in [0.2, 0.25) is 0 Å². The van der Waals surface area contributed by atoms with Crippen molar-refractivity contribution >= 4 is 11.8 Å². The molecule has 2 N–H and O–H groups in total. The number of rotatable bonds is 6. The molecular weight excluding hydrogens is 222 g/mol. The smallest absolute Gasteiger partial charge is 0.190 e. The van der Waals surface area contributed by atoms with E-state index in [1.807, 2.05) is 11.6 Å². The van der Waals surface area contributed by atoms with Gasteiger partial charge in [0, 0.05) is 12.8 Å². The third-order valence-corrected chi connectivity index (χ3v) is 3.37. The van der Waals surface area contributed by atoms with Crippen LogP contribution in [-0.2, 0) is 7.05 Å². The number of aromatic nitrogens is 3. The Balaban J connectivity index is 2.14. The van der Waals surface area contributed by atoms with Crippen LogP contribution in [0.1, 0.15) is 26.2 Å². The molecule has 1 aromatic rings. The minimum absolute atomic E-state index is 0.685. The van der Waals surface area contributed by atoms with Crippen LogP contribution in [0.4, 0.5) is 0 Å². The predicted molar refractivity (Wildman–Crippen MR) is 63.8 cm³/mol. The first-order valence-corrected chi connectivity index (χ1v) is 6.21. The van der Waals surface area contributed by atoms with E-state index < -0.39 is 5.54 Å². The summed E-state index contributed by atoms with van der Waals surface area (Å²) in [5.74, 6) is 0.980. The van der Waals surface area contributed by atoms with E-state index in [9.17, 15) is 0 Å². The van der Waals surface area contributed by atoms with E-state index in [0.717, 1.165) is 30.2 Å². The van der Waals surface area contributed by atoms with Crippen molar-refractivity contribution in [1.82, 2.24) is 14.8 Å². The first-order chi connectivity index (χ1) is 7.55. The van der Waals surface area contributed by atoms with Crippen LogP contribution in [0.15, 0.2) is 11.5 Å². The second kappa shape index (κ2) is 5.87. The topological polar surface area (TPSA) is 80.5 Å². The van der Waals surface area contributed by atoms with Crippen molar-refractivity contribution in [3.05, 3.63) is 6.33 Å². The van der Waals surface area contributed by atoms with Crippen molar-refractivity contribution < 1.29 is 0 Å². The van der Waals surface area contributed by atoms with Crippen LogP contribution < -0.4 is 5.73 Å². The van der Waals surface area contributed by atoms with Crippen molar-refractivity contribution in [2.75, 3.05) is 5.75 Å². The van der Waals surface area contributed by atoms with Gasteiger partial charge in [-0.3, -0.25) is 0 Å². The van der Waals surface area contributed by atoms with E-state index in [1.54, 1.807) is 25.0 Å². The second-order valence-corrected chi connectivity index (χ2v) is 5.12. The summed E-state index contributed by atoms with van der Waals surface area (Å²) in [6, 6.07) is 2.10. The highest BCUT2D eigenvalue weighted by atomic mass is 32.2. The molecule has 0 saturated heterocycles. The lowest BCUT2D eigenvalue weighted by atomic mass is 9.99. The molecule has 0 spiro atoms. The Morgan fingerprint density at radius 1 is 1.62 bits per heavy atom. The lowest BCUT2D eigenvalue weighted by Gasteiger charge is -2.14. The zero-order valence-electron chi connectivity index (χ0n) is 9.68. The predicted octanol–water partition coefficient (Wildman–Crippen LogP) is 1.32. The van der Waals surface area contributed by atoms with E-state index in [0.29, 0.717) is 0 Å². The first kappa shape index (κ1) is 13.0. The molecule has 1 rings (SSSR count). The minimum Gasteiger partial charge on any atom is -0.314 e. The summed E-state index contributed by atoms with van der Waals surface area (Å²) in [4.78, 5) is 0. The van der Waals surface area contributed by atoms with Crippen LogP contribution in [0.25, 0.3) is 0 Å². The molecule has 0 aromatic carbocycles. The average Bonchev–Trinajstić information content (AvgIpc) is 2.64. The number of thioether (sulfide) groups is 1. The number of hydrogen-bond donors (Lipinski definition) is 1. The maximum Gasteiger partial charge on any atom is 0.190 e. The highest BCUT2D eigenvalue weighted by molar-refractivity contribution is 7.99. The van der Waals surface area contributed by atoms with Crippen LogP contribution >= 0.6 is 11.8 Å². The molecule has 16 heavy (non-hydrogen) atoms. The van der Waals surface area contributed by atoms with Crippen LogP contribution in [0.5, 0.6) is 0 Å². The second-order valence-electron chi connectivity index (χ2n) is 4.06. The van der Waals surface area contributed by atoms with Gasteiger partial charge in [-0.2, -0.15) is 5.26 Å². The van der Waals surface area contributed by atoms with Crippen LogP contribution in [0, 0.1) is 11.3 Å². The first-order valence-electron chi connectivity index (χ1n) is 5.22. The Kier molecular flexibility index (Phi) is 4.77. The van der Waals surface area contributed by atoms with E-state index in [1.165, 1.54) is 0 Å². The maximum atomic E-state index is 8.74. The Labute approximate surface area is 100 Å². The average molecular weight is 239 g/mol. The Bertz CT molecular complexity index is 366. The van der Waals surface area contributed by atoms with Gasteiger partial charge in [0.05, 0.1) is 6.07 Å². The third-order valence-electron chi connectivity index (χ3n) is 2.25. The molecule has 88 valence electrons. The lowest BCUT2D eigenvalue weighted by Crippen LogP contribution is -2.33. The van der Waals surface area contributed by atoms with Crippen LogP contribution in [0.3, 0.4) is 0 Å². The number of nitrogens with two attached hydrogens (primary N) is 1. The zero-order valence-corrected chi connectivity index (χ0v) is 10.5. The van der Waals surface area contributed by atoms with Gasteiger partial charge in [-0.05, 0) is 26.2 Å². The van der Waals surface area contributed by atoms with E-state index in [4.69, 9.17) is 11.0 Å². The van der Waals surface area contributed by atoms with Gasteiger partial charge < -0.3 is 10.3 Å². The van der Waals surface area contributed by atoms with Gasteiger partial charge in [-0.25, -0.2) is 0 Å². The normalized spacial score (nSPS) is 14.4. The molecular formula is C10H17N5S. The number of hydrogen-bond acceptors (Lipinski definition) is 5. The van der Waals surface area contributed by atoms with Gasteiger partial charge in [0.15, 0.2) is 5.16 Å². The molecule has 0 bridgehead atoms. The van der Waals surface area contributed by atoms with E-state index >= 15 is 0 Å². The maximum absolute atomic E-state index is 8.74. The molecule has 0 fully saturated rings. The molecule has 5 nitrogen and oxygen atoms in total. The van der Waals surface area contributed by atoms with Gasteiger partial charge >= 0.3 is 0 Å². The molecule has 0 aliphatic carbocycles. The summed E-state index contributed by atoms with van der Waals surface area (Å²) in [5, 5.41) is 17.4. The molecule has 1 atom stereocenters. The summed E-state index contributed by atoms with van der Waals surface area (Å²) >= 11 is 1.68. The summed E-state index contributed by atoms with van der Waals surface area (Å²) < 4.78 is 1.90. The number of aryl methyl sites for hydroxylation is 1. The van der Waals surface area contributed by atoms with Gasteiger partial charge in [-0.15, -0.1) is 10.2 Å². The summed E-state index contributed by atoms with van der Waals surface area (Å²) in [6.45, 7) is 1.77. The van der Waals surface area contributed by atoms with Crippen molar-refractivity contribution in [2.45, 2.75) is 36.9 Å². The zero-order chi connectivity index (χ0) is 12.0. The molecule has 1 aromatic heterocycles. The fraction of sp³-hybridized carbons (Fsp3) is 0.700. The highest BCUT2D eigenvalue weighted by Gasteiger charge is 2.15. The Morgan fingerprint density at radius 2 is 2.38 bits per heavy atom.